The van der Waals surface area contributed by atoms with Gasteiger partial charge in [0, 0.05) is 11.8 Å². The van der Waals surface area contributed by atoms with Gasteiger partial charge in [-0.2, -0.15) is 19.6 Å². The number of fused-ring (bicyclic) bond motifs is 1. The van der Waals surface area contributed by atoms with Gasteiger partial charge in [0.05, 0.1) is 4.90 Å². The molecule has 0 aliphatic heterocycles. The molecule has 0 radical (unpaired) electrons. The van der Waals surface area contributed by atoms with Crippen LogP contribution in [0.1, 0.15) is 0 Å². The maximum atomic E-state index is 11.4. The van der Waals surface area contributed by atoms with Crippen LogP contribution < -0.4 is 10.5 Å². The van der Waals surface area contributed by atoms with E-state index in [9.17, 15) is 8.42 Å². The second-order valence-electron chi connectivity index (χ2n) is 4.13. The van der Waals surface area contributed by atoms with Crippen molar-refractivity contribution in [3.8, 4) is 0 Å². The third kappa shape index (κ3) is 2.79. The van der Waals surface area contributed by atoms with E-state index >= 15 is 0 Å². The van der Waals surface area contributed by atoms with E-state index in [2.05, 4.69) is 20.4 Å². The summed E-state index contributed by atoms with van der Waals surface area (Å²) < 4.78 is 24.1. The summed E-state index contributed by atoms with van der Waals surface area (Å²) in [5, 5.41) is 12.3. The molecule has 0 bridgehead atoms. The van der Waals surface area contributed by atoms with E-state index in [0.29, 0.717) is 17.3 Å². The molecule has 0 fully saturated rings. The summed E-state index contributed by atoms with van der Waals surface area (Å²) in [7, 11) is -3.77. The zero-order chi connectivity index (χ0) is 15.0. The van der Waals surface area contributed by atoms with Gasteiger partial charge in [-0.3, -0.25) is 0 Å². The summed E-state index contributed by atoms with van der Waals surface area (Å²) in [6, 6.07) is 7.62. The lowest BCUT2D eigenvalue weighted by Gasteiger charge is -2.09. The summed E-state index contributed by atoms with van der Waals surface area (Å²) in [6.07, 6.45) is 1.34. The Hall–Kier alpha value is -2.23. The van der Waals surface area contributed by atoms with Crippen molar-refractivity contribution in [2.45, 2.75) is 4.90 Å². The van der Waals surface area contributed by atoms with E-state index in [1.54, 1.807) is 18.2 Å². The lowest BCUT2D eigenvalue weighted by atomic mass is 10.3. The number of hydrogen-bond donors (Lipinski definition) is 2. The highest BCUT2D eigenvalue weighted by molar-refractivity contribution is 7.89. The third-order valence-electron chi connectivity index (χ3n) is 2.66. The molecule has 3 aromatic rings. The van der Waals surface area contributed by atoms with E-state index in [1.165, 1.54) is 23.0 Å². The Balaban J connectivity index is 2.05. The van der Waals surface area contributed by atoms with Gasteiger partial charge in [-0.15, -0.1) is 0 Å². The predicted octanol–water partition coefficient (Wildman–Crippen LogP) is 1.17. The van der Waals surface area contributed by atoms with E-state index in [-0.39, 0.29) is 10.0 Å². The molecule has 0 saturated heterocycles. The first kappa shape index (κ1) is 13.7. The Labute approximate surface area is 124 Å². The second-order valence-corrected chi connectivity index (χ2v) is 6.08. The number of nitrogens with zero attached hydrogens (tertiary/aromatic N) is 4. The van der Waals surface area contributed by atoms with Gasteiger partial charge in [-0.05, 0) is 18.2 Å². The van der Waals surface area contributed by atoms with Gasteiger partial charge >= 0.3 is 0 Å². The first-order valence-electron chi connectivity index (χ1n) is 5.70. The van der Waals surface area contributed by atoms with Crippen LogP contribution in [-0.2, 0) is 10.0 Å². The molecule has 0 atom stereocenters. The van der Waals surface area contributed by atoms with Crippen LogP contribution >= 0.6 is 11.6 Å². The molecule has 2 heterocycles. The minimum Gasteiger partial charge on any atom is -0.340 e. The number of aromatic nitrogens is 4. The minimum absolute atomic E-state index is 0.00230. The van der Waals surface area contributed by atoms with E-state index in [1.807, 2.05) is 0 Å². The molecule has 0 saturated carbocycles. The Morgan fingerprint density at radius 2 is 2.10 bits per heavy atom. The standard InChI is InChI=1S/C11H9ClN6O2S/c12-9-5-10(18-11(17-9)14-6-15-18)16-7-2-1-3-8(4-7)21(13,19)20/h1-6,16H,(H2,13,19,20). The smallest absolute Gasteiger partial charge is 0.255 e. The first-order valence-corrected chi connectivity index (χ1v) is 7.62. The SMILES string of the molecule is NS(=O)(=O)c1cccc(Nc2cc(Cl)nc3ncnn23)c1. The predicted molar refractivity (Wildman–Crippen MR) is 76.9 cm³/mol. The topological polar surface area (TPSA) is 115 Å². The summed E-state index contributed by atoms with van der Waals surface area (Å²) in [5.74, 6) is 0.821. The lowest BCUT2D eigenvalue weighted by Crippen LogP contribution is -2.12. The fraction of sp³-hybridized carbons (Fsp3) is 0. The number of rotatable bonds is 3. The third-order valence-corrected chi connectivity index (χ3v) is 3.76. The molecule has 2 aromatic heterocycles. The largest absolute Gasteiger partial charge is 0.340 e. The summed E-state index contributed by atoms with van der Waals surface area (Å²) in [4.78, 5) is 7.93. The number of primary sulfonamides is 1. The molecule has 0 unspecified atom stereocenters. The van der Waals surface area contributed by atoms with Crippen LogP contribution in [0.5, 0.6) is 0 Å². The molecular weight excluding hydrogens is 316 g/mol. The summed E-state index contributed by atoms with van der Waals surface area (Å²) in [5.41, 5.74) is 0.514. The maximum absolute atomic E-state index is 11.4. The van der Waals surface area contributed by atoms with Gasteiger partial charge < -0.3 is 5.32 Å². The summed E-state index contributed by atoms with van der Waals surface area (Å²) >= 11 is 5.90. The second kappa shape index (κ2) is 4.95. The Morgan fingerprint density at radius 1 is 1.29 bits per heavy atom. The number of nitrogens with two attached hydrogens (primary N) is 1. The molecule has 8 nitrogen and oxygen atoms in total. The highest BCUT2D eigenvalue weighted by Gasteiger charge is 2.10. The molecule has 108 valence electrons. The van der Waals surface area contributed by atoms with Crippen LogP contribution in [0, 0.1) is 0 Å². The summed E-state index contributed by atoms with van der Waals surface area (Å²) in [6.45, 7) is 0. The Morgan fingerprint density at radius 3 is 2.86 bits per heavy atom. The molecule has 0 aliphatic carbocycles. The first-order chi connectivity index (χ1) is 9.93. The van der Waals surface area contributed by atoms with Crippen molar-refractivity contribution in [1.29, 1.82) is 0 Å². The number of benzene rings is 1. The number of nitrogens with one attached hydrogen (secondary N) is 1. The fourth-order valence-corrected chi connectivity index (χ4v) is 2.51. The number of hydrogen-bond acceptors (Lipinski definition) is 6. The van der Waals surface area contributed by atoms with Crippen LogP contribution in [0.4, 0.5) is 11.5 Å². The minimum atomic E-state index is -3.77. The van der Waals surface area contributed by atoms with Crippen LogP contribution in [0.15, 0.2) is 41.6 Å². The van der Waals surface area contributed by atoms with Crippen molar-refractivity contribution in [3.05, 3.63) is 41.8 Å². The van der Waals surface area contributed by atoms with Gasteiger partial charge in [0.2, 0.25) is 10.0 Å². The van der Waals surface area contributed by atoms with Gasteiger partial charge in [0.1, 0.15) is 17.3 Å². The zero-order valence-electron chi connectivity index (χ0n) is 10.4. The maximum Gasteiger partial charge on any atom is 0.255 e. The highest BCUT2D eigenvalue weighted by atomic mass is 35.5. The van der Waals surface area contributed by atoms with Crippen molar-refractivity contribution in [2.75, 3.05) is 5.32 Å². The molecule has 10 heteroatoms. The molecule has 0 spiro atoms. The van der Waals surface area contributed by atoms with Gasteiger partial charge in [0.15, 0.2) is 0 Å². The van der Waals surface area contributed by atoms with Crippen LogP contribution in [0.3, 0.4) is 0 Å². The van der Waals surface area contributed by atoms with Crippen LogP contribution in [0.2, 0.25) is 5.15 Å². The van der Waals surface area contributed by atoms with Crippen molar-refractivity contribution in [3.63, 3.8) is 0 Å². The number of halogens is 1. The zero-order valence-corrected chi connectivity index (χ0v) is 12.0. The average molecular weight is 325 g/mol. The molecule has 3 N–H and O–H groups in total. The molecule has 0 amide bonds. The lowest BCUT2D eigenvalue weighted by molar-refractivity contribution is 0.598. The normalized spacial score (nSPS) is 11.7. The van der Waals surface area contributed by atoms with Crippen molar-refractivity contribution in [1.82, 2.24) is 19.6 Å². The molecular formula is C11H9ClN6O2S. The van der Waals surface area contributed by atoms with Crippen LogP contribution in [-0.4, -0.2) is 28.0 Å². The van der Waals surface area contributed by atoms with Crippen LogP contribution in [0.25, 0.3) is 5.78 Å². The van der Waals surface area contributed by atoms with Crippen molar-refractivity contribution < 1.29 is 8.42 Å². The van der Waals surface area contributed by atoms with E-state index in [4.69, 9.17) is 16.7 Å². The highest BCUT2D eigenvalue weighted by Crippen LogP contribution is 2.21. The average Bonchev–Trinajstić information content (AvgIpc) is 2.86. The van der Waals surface area contributed by atoms with E-state index < -0.39 is 10.0 Å². The van der Waals surface area contributed by atoms with Gasteiger partial charge in [0.25, 0.3) is 5.78 Å². The molecule has 21 heavy (non-hydrogen) atoms. The number of sulfonamides is 1. The monoisotopic (exact) mass is 324 g/mol. The fourth-order valence-electron chi connectivity index (χ4n) is 1.77. The van der Waals surface area contributed by atoms with E-state index in [0.717, 1.165) is 0 Å². The van der Waals surface area contributed by atoms with Crippen molar-refractivity contribution in [2.24, 2.45) is 5.14 Å². The van der Waals surface area contributed by atoms with Crippen molar-refractivity contribution >= 4 is 38.9 Å². The Kier molecular flexibility index (Phi) is 3.24. The van der Waals surface area contributed by atoms with Gasteiger partial charge in [-0.25, -0.2) is 13.6 Å². The van der Waals surface area contributed by atoms with Gasteiger partial charge in [-0.1, -0.05) is 17.7 Å². The molecule has 3 rings (SSSR count). The quantitative estimate of drug-likeness (QED) is 0.699. The Bertz CT molecular complexity index is 923. The molecule has 1 aromatic carbocycles. The number of anilines is 2. The molecule has 0 aliphatic rings.